The van der Waals surface area contributed by atoms with E-state index in [-0.39, 0.29) is 0 Å². The molecule has 3 nitrogen and oxygen atoms in total. The fourth-order valence-corrected chi connectivity index (χ4v) is 2.58. The van der Waals surface area contributed by atoms with Crippen molar-refractivity contribution in [1.82, 2.24) is 9.97 Å². The van der Waals surface area contributed by atoms with E-state index in [1.165, 1.54) is 10.3 Å². The molecule has 0 aliphatic rings. The second-order valence-corrected chi connectivity index (χ2v) is 4.96. The Bertz CT molecular complexity index is 634. The van der Waals surface area contributed by atoms with Gasteiger partial charge in [0.25, 0.3) is 0 Å². The van der Waals surface area contributed by atoms with Gasteiger partial charge in [-0.1, -0.05) is 6.07 Å². The van der Waals surface area contributed by atoms with E-state index >= 15 is 0 Å². The molecule has 0 saturated heterocycles. The number of rotatable bonds is 4. The molecule has 0 spiro atoms. The molecule has 0 saturated carbocycles. The number of anilines is 1. The first-order valence-electron chi connectivity index (χ1n) is 5.88. The van der Waals surface area contributed by atoms with E-state index in [9.17, 15) is 0 Å². The van der Waals surface area contributed by atoms with E-state index in [1.807, 2.05) is 17.8 Å². The summed E-state index contributed by atoms with van der Waals surface area (Å²) in [6, 6.07) is 10.3. The Hall–Kier alpha value is -1.94. The van der Waals surface area contributed by atoms with Crippen LogP contribution in [-0.4, -0.2) is 16.5 Å². The number of aromatic nitrogens is 2. The van der Waals surface area contributed by atoms with Gasteiger partial charge in [0.1, 0.15) is 0 Å². The van der Waals surface area contributed by atoms with Crippen LogP contribution in [-0.2, 0) is 6.42 Å². The lowest BCUT2D eigenvalue weighted by atomic mass is 10.2. The molecule has 4 heteroatoms. The van der Waals surface area contributed by atoms with E-state index < -0.39 is 0 Å². The van der Waals surface area contributed by atoms with Crippen molar-refractivity contribution in [3.63, 3.8) is 0 Å². The Morgan fingerprint density at radius 2 is 2.22 bits per heavy atom. The molecular weight excluding hydrogens is 242 g/mol. The lowest BCUT2D eigenvalue weighted by molar-refractivity contribution is 1.01. The minimum Gasteiger partial charge on any atom is -0.385 e. The second kappa shape index (κ2) is 5.14. The summed E-state index contributed by atoms with van der Waals surface area (Å²) in [6.45, 7) is 0.913. The zero-order chi connectivity index (χ0) is 12.2. The van der Waals surface area contributed by atoms with Gasteiger partial charge in [-0.15, -0.1) is 11.3 Å². The van der Waals surface area contributed by atoms with Crippen LogP contribution in [0, 0.1) is 0 Å². The van der Waals surface area contributed by atoms with Crippen LogP contribution < -0.4 is 5.32 Å². The van der Waals surface area contributed by atoms with Crippen LogP contribution in [0.3, 0.4) is 0 Å². The van der Waals surface area contributed by atoms with Crippen LogP contribution in [0.5, 0.6) is 0 Å². The zero-order valence-electron chi connectivity index (χ0n) is 9.84. The van der Waals surface area contributed by atoms with Crippen LogP contribution in [0.2, 0.25) is 0 Å². The van der Waals surface area contributed by atoms with E-state index in [2.05, 4.69) is 39.6 Å². The smallest absolute Gasteiger partial charge is 0.0813 e. The zero-order valence-corrected chi connectivity index (χ0v) is 10.7. The molecule has 90 valence electrons. The third kappa shape index (κ3) is 2.49. The summed E-state index contributed by atoms with van der Waals surface area (Å²) < 4.78 is 1.22. The van der Waals surface area contributed by atoms with Gasteiger partial charge in [0.05, 0.1) is 15.7 Å². The number of hydrogen-bond acceptors (Lipinski definition) is 4. The first-order chi connectivity index (χ1) is 8.92. The monoisotopic (exact) mass is 255 g/mol. The Kier molecular flexibility index (Phi) is 3.19. The SMILES string of the molecule is c1cncc(CCNc2ccc3ncsc3c2)c1. The summed E-state index contributed by atoms with van der Waals surface area (Å²) in [5.41, 5.74) is 5.35. The Balaban J connectivity index is 1.62. The summed E-state index contributed by atoms with van der Waals surface area (Å²) in [5.74, 6) is 0. The minimum absolute atomic E-state index is 0.913. The van der Waals surface area contributed by atoms with Crippen molar-refractivity contribution in [2.75, 3.05) is 11.9 Å². The van der Waals surface area contributed by atoms with Gasteiger partial charge in [0.2, 0.25) is 0 Å². The summed E-state index contributed by atoms with van der Waals surface area (Å²) in [4.78, 5) is 8.38. The molecule has 3 rings (SSSR count). The van der Waals surface area contributed by atoms with E-state index in [1.54, 1.807) is 17.5 Å². The molecule has 0 aliphatic carbocycles. The quantitative estimate of drug-likeness (QED) is 0.777. The average molecular weight is 255 g/mol. The molecule has 0 amide bonds. The molecule has 0 bridgehead atoms. The lowest BCUT2D eigenvalue weighted by Gasteiger charge is -2.06. The largest absolute Gasteiger partial charge is 0.385 e. The molecule has 2 aromatic heterocycles. The third-order valence-electron chi connectivity index (χ3n) is 2.80. The molecule has 18 heavy (non-hydrogen) atoms. The van der Waals surface area contributed by atoms with Gasteiger partial charge in [-0.25, -0.2) is 4.98 Å². The molecule has 1 aromatic carbocycles. The van der Waals surface area contributed by atoms with Gasteiger partial charge < -0.3 is 5.32 Å². The standard InChI is InChI=1S/C14H13N3S/c1-2-11(9-15-6-1)5-7-16-12-3-4-13-14(8-12)18-10-17-13/h1-4,6,8-10,16H,5,7H2. The summed E-state index contributed by atoms with van der Waals surface area (Å²) in [7, 11) is 0. The minimum atomic E-state index is 0.913. The van der Waals surface area contributed by atoms with Gasteiger partial charge in [-0.3, -0.25) is 4.98 Å². The van der Waals surface area contributed by atoms with E-state index in [0.717, 1.165) is 24.2 Å². The van der Waals surface area contributed by atoms with Crippen LogP contribution in [0.1, 0.15) is 5.56 Å². The molecular formula is C14H13N3S. The van der Waals surface area contributed by atoms with Crippen molar-refractivity contribution in [3.05, 3.63) is 53.8 Å². The van der Waals surface area contributed by atoms with Gasteiger partial charge >= 0.3 is 0 Å². The number of benzene rings is 1. The van der Waals surface area contributed by atoms with Gasteiger partial charge in [0, 0.05) is 24.6 Å². The van der Waals surface area contributed by atoms with Crippen molar-refractivity contribution in [3.8, 4) is 0 Å². The number of hydrogen-bond donors (Lipinski definition) is 1. The van der Waals surface area contributed by atoms with Crippen molar-refractivity contribution < 1.29 is 0 Å². The van der Waals surface area contributed by atoms with Crippen molar-refractivity contribution in [2.45, 2.75) is 6.42 Å². The number of nitrogens with one attached hydrogen (secondary N) is 1. The normalized spacial score (nSPS) is 10.7. The number of thiazole rings is 1. The second-order valence-electron chi connectivity index (χ2n) is 4.07. The highest BCUT2D eigenvalue weighted by molar-refractivity contribution is 7.16. The molecule has 3 aromatic rings. The van der Waals surface area contributed by atoms with Crippen molar-refractivity contribution >= 4 is 27.2 Å². The fraction of sp³-hybridized carbons (Fsp3) is 0.143. The molecule has 2 heterocycles. The van der Waals surface area contributed by atoms with Crippen molar-refractivity contribution in [1.29, 1.82) is 0 Å². The maximum Gasteiger partial charge on any atom is 0.0813 e. The third-order valence-corrected chi connectivity index (χ3v) is 3.59. The maximum absolute atomic E-state index is 4.27. The van der Waals surface area contributed by atoms with Gasteiger partial charge in [-0.2, -0.15) is 0 Å². The fourth-order valence-electron chi connectivity index (χ4n) is 1.86. The van der Waals surface area contributed by atoms with Crippen LogP contribution in [0.25, 0.3) is 10.2 Å². The number of fused-ring (bicyclic) bond motifs is 1. The van der Waals surface area contributed by atoms with Crippen LogP contribution in [0.15, 0.2) is 48.2 Å². The van der Waals surface area contributed by atoms with E-state index in [4.69, 9.17) is 0 Å². The lowest BCUT2D eigenvalue weighted by Crippen LogP contribution is -2.04. The number of pyridine rings is 1. The molecule has 0 atom stereocenters. The maximum atomic E-state index is 4.27. The van der Waals surface area contributed by atoms with E-state index in [0.29, 0.717) is 0 Å². The number of nitrogens with zero attached hydrogens (tertiary/aromatic N) is 2. The topological polar surface area (TPSA) is 37.8 Å². The Labute approximate surface area is 110 Å². The van der Waals surface area contributed by atoms with Crippen molar-refractivity contribution in [2.24, 2.45) is 0 Å². The van der Waals surface area contributed by atoms with Gasteiger partial charge in [-0.05, 0) is 36.2 Å². The highest BCUT2D eigenvalue weighted by atomic mass is 32.1. The van der Waals surface area contributed by atoms with Crippen LogP contribution >= 0.6 is 11.3 Å². The predicted octanol–water partition coefficient (Wildman–Crippen LogP) is 3.35. The highest BCUT2D eigenvalue weighted by Gasteiger charge is 1.98. The molecule has 0 radical (unpaired) electrons. The van der Waals surface area contributed by atoms with Gasteiger partial charge in [0.15, 0.2) is 0 Å². The Morgan fingerprint density at radius 3 is 3.11 bits per heavy atom. The summed E-state index contributed by atoms with van der Waals surface area (Å²) in [6.07, 6.45) is 4.69. The Morgan fingerprint density at radius 1 is 1.22 bits per heavy atom. The summed E-state index contributed by atoms with van der Waals surface area (Å²) >= 11 is 1.67. The molecule has 1 N–H and O–H groups in total. The first kappa shape index (κ1) is 11.2. The molecule has 0 unspecified atom stereocenters. The first-order valence-corrected chi connectivity index (χ1v) is 6.76. The van der Waals surface area contributed by atoms with Crippen LogP contribution in [0.4, 0.5) is 5.69 Å². The highest BCUT2D eigenvalue weighted by Crippen LogP contribution is 2.21. The molecule has 0 fully saturated rings. The average Bonchev–Trinajstić information content (AvgIpc) is 2.87. The predicted molar refractivity (Wildman–Crippen MR) is 76.1 cm³/mol. The summed E-state index contributed by atoms with van der Waals surface area (Å²) in [5, 5.41) is 3.43. The molecule has 0 aliphatic heterocycles.